The van der Waals surface area contributed by atoms with Crippen LogP contribution in [0.2, 0.25) is 0 Å². The number of carbonyl (C=O) groups is 2. The van der Waals surface area contributed by atoms with Crippen molar-refractivity contribution in [2.45, 2.75) is 52.6 Å². The average Bonchev–Trinajstić information content (AvgIpc) is 2.88. The Hall–Kier alpha value is -3.71. The maximum absolute atomic E-state index is 13.3. The fraction of sp³-hybridized carbons (Fsp3) is 0.367. The first-order chi connectivity index (χ1) is 17.9. The highest BCUT2D eigenvalue weighted by Crippen LogP contribution is 2.30. The molecule has 1 aliphatic rings. The Labute approximate surface area is 219 Å². The third-order valence-corrected chi connectivity index (χ3v) is 6.72. The SMILES string of the molecule is CC(=O)NCc1c(C)cc(C)nc1Oc1ccccc1CCC(=O)N1CCNC[C@H]1Cc1ccccc1. The molecule has 3 aromatic rings. The van der Waals surface area contributed by atoms with Crippen molar-refractivity contribution in [3.05, 3.63) is 88.6 Å². The molecule has 37 heavy (non-hydrogen) atoms. The molecule has 7 nitrogen and oxygen atoms in total. The van der Waals surface area contributed by atoms with Crippen molar-refractivity contribution >= 4 is 11.8 Å². The van der Waals surface area contributed by atoms with Gasteiger partial charge in [0.2, 0.25) is 17.7 Å². The number of benzene rings is 2. The molecular weight excluding hydrogens is 464 g/mol. The summed E-state index contributed by atoms with van der Waals surface area (Å²) in [6.07, 6.45) is 1.82. The minimum Gasteiger partial charge on any atom is -0.438 e. The molecule has 1 fully saturated rings. The lowest BCUT2D eigenvalue weighted by Gasteiger charge is -2.36. The maximum atomic E-state index is 13.3. The largest absolute Gasteiger partial charge is 0.438 e. The van der Waals surface area contributed by atoms with Crippen LogP contribution in [0.5, 0.6) is 11.6 Å². The first kappa shape index (κ1) is 26.4. The predicted molar refractivity (Wildman–Crippen MR) is 145 cm³/mol. The molecule has 2 heterocycles. The van der Waals surface area contributed by atoms with E-state index in [4.69, 9.17) is 4.74 Å². The van der Waals surface area contributed by atoms with Crippen LogP contribution in [0.15, 0.2) is 60.7 Å². The monoisotopic (exact) mass is 500 g/mol. The lowest BCUT2D eigenvalue weighted by Crippen LogP contribution is -2.54. The minimum atomic E-state index is -0.108. The molecular formula is C30H36N4O3. The van der Waals surface area contributed by atoms with Gasteiger partial charge in [0, 0.05) is 56.8 Å². The summed E-state index contributed by atoms with van der Waals surface area (Å²) in [6.45, 7) is 8.08. The van der Waals surface area contributed by atoms with Gasteiger partial charge in [0.1, 0.15) is 5.75 Å². The Balaban J connectivity index is 1.46. The second-order valence-corrected chi connectivity index (χ2v) is 9.62. The first-order valence-corrected chi connectivity index (χ1v) is 12.9. The highest BCUT2D eigenvalue weighted by molar-refractivity contribution is 5.77. The first-order valence-electron chi connectivity index (χ1n) is 12.9. The number of carbonyl (C=O) groups excluding carboxylic acids is 2. The summed E-state index contributed by atoms with van der Waals surface area (Å²) in [5, 5.41) is 6.28. The standard InChI is InChI=1S/C30H36N4O3/c1-21-17-22(2)33-30(27(21)20-32-23(3)35)37-28-12-8-7-11-25(28)13-14-29(36)34-16-15-31-19-26(34)18-24-9-5-4-6-10-24/h4-12,17,26,31H,13-16,18-20H2,1-3H3,(H,32,35)/t26-/m1/s1. The fourth-order valence-corrected chi connectivity index (χ4v) is 4.80. The zero-order chi connectivity index (χ0) is 26.2. The van der Waals surface area contributed by atoms with Crippen LogP contribution in [0.4, 0.5) is 0 Å². The lowest BCUT2D eigenvalue weighted by molar-refractivity contribution is -0.134. The number of ether oxygens (including phenoxy) is 1. The number of pyridine rings is 1. The number of amides is 2. The average molecular weight is 501 g/mol. The minimum absolute atomic E-state index is 0.108. The number of aromatic nitrogens is 1. The summed E-state index contributed by atoms with van der Waals surface area (Å²) >= 11 is 0. The Morgan fingerprint density at radius 2 is 1.86 bits per heavy atom. The molecule has 0 aliphatic carbocycles. The number of hydrogen-bond donors (Lipinski definition) is 2. The van der Waals surface area contributed by atoms with Crippen LogP contribution in [0.25, 0.3) is 0 Å². The van der Waals surface area contributed by atoms with Gasteiger partial charge < -0.3 is 20.3 Å². The van der Waals surface area contributed by atoms with Gasteiger partial charge in [0.05, 0.1) is 0 Å². The fourth-order valence-electron chi connectivity index (χ4n) is 4.80. The summed E-state index contributed by atoms with van der Waals surface area (Å²) in [7, 11) is 0. The Kier molecular flexibility index (Phi) is 8.90. The van der Waals surface area contributed by atoms with Crippen LogP contribution in [-0.4, -0.2) is 47.4 Å². The molecule has 0 saturated carbocycles. The number of nitrogens with one attached hydrogen (secondary N) is 2. The van der Waals surface area contributed by atoms with Gasteiger partial charge in [-0.25, -0.2) is 4.98 Å². The third-order valence-electron chi connectivity index (χ3n) is 6.72. The Morgan fingerprint density at radius 1 is 1.11 bits per heavy atom. The molecule has 0 unspecified atom stereocenters. The van der Waals surface area contributed by atoms with Gasteiger partial charge in [-0.05, 0) is 55.5 Å². The third kappa shape index (κ3) is 7.17. The van der Waals surface area contributed by atoms with E-state index >= 15 is 0 Å². The van der Waals surface area contributed by atoms with E-state index in [-0.39, 0.29) is 17.9 Å². The van der Waals surface area contributed by atoms with E-state index in [1.807, 2.05) is 67.3 Å². The van der Waals surface area contributed by atoms with Crippen LogP contribution in [0.1, 0.15) is 41.3 Å². The highest BCUT2D eigenvalue weighted by Gasteiger charge is 2.26. The van der Waals surface area contributed by atoms with Crippen LogP contribution < -0.4 is 15.4 Å². The zero-order valence-corrected chi connectivity index (χ0v) is 21.9. The summed E-state index contributed by atoms with van der Waals surface area (Å²) in [5.74, 6) is 1.21. The summed E-state index contributed by atoms with van der Waals surface area (Å²) < 4.78 is 6.32. The van der Waals surface area contributed by atoms with Gasteiger partial charge in [-0.1, -0.05) is 48.5 Å². The van der Waals surface area contributed by atoms with E-state index in [2.05, 4.69) is 27.8 Å². The van der Waals surface area contributed by atoms with Crippen molar-refractivity contribution in [2.24, 2.45) is 0 Å². The number of nitrogens with zero attached hydrogens (tertiary/aromatic N) is 2. The van der Waals surface area contributed by atoms with Gasteiger partial charge in [0.15, 0.2) is 0 Å². The van der Waals surface area contributed by atoms with E-state index in [1.54, 1.807) is 0 Å². The maximum Gasteiger partial charge on any atom is 0.224 e. The van der Waals surface area contributed by atoms with E-state index < -0.39 is 0 Å². The van der Waals surface area contributed by atoms with Crippen molar-refractivity contribution in [1.82, 2.24) is 20.5 Å². The predicted octanol–water partition coefficient (Wildman–Crippen LogP) is 4.10. The molecule has 7 heteroatoms. The number of rotatable bonds is 9. The van der Waals surface area contributed by atoms with E-state index in [0.29, 0.717) is 37.6 Å². The van der Waals surface area contributed by atoms with Crippen LogP contribution in [0.3, 0.4) is 0 Å². The highest BCUT2D eigenvalue weighted by atomic mass is 16.5. The quantitative estimate of drug-likeness (QED) is 0.462. The molecule has 0 radical (unpaired) electrons. The van der Waals surface area contributed by atoms with Gasteiger partial charge in [0.25, 0.3) is 0 Å². The van der Waals surface area contributed by atoms with Crippen molar-refractivity contribution in [3.63, 3.8) is 0 Å². The Bertz CT molecular complexity index is 1230. The summed E-state index contributed by atoms with van der Waals surface area (Å²) in [6, 6.07) is 20.2. The molecule has 1 aliphatic heterocycles. The Morgan fingerprint density at radius 3 is 2.65 bits per heavy atom. The van der Waals surface area contributed by atoms with Gasteiger partial charge >= 0.3 is 0 Å². The molecule has 0 spiro atoms. The molecule has 1 aromatic heterocycles. The number of piperazine rings is 1. The molecule has 0 bridgehead atoms. The smallest absolute Gasteiger partial charge is 0.224 e. The molecule has 1 saturated heterocycles. The van der Waals surface area contributed by atoms with Gasteiger partial charge in [-0.2, -0.15) is 0 Å². The van der Waals surface area contributed by atoms with E-state index in [0.717, 1.165) is 41.9 Å². The van der Waals surface area contributed by atoms with Gasteiger partial charge in [-0.15, -0.1) is 0 Å². The molecule has 1 atom stereocenters. The van der Waals surface area contributed by atoms with Crippen molar-refractivity contribution in [1.29, 1.82) is 0 Å². The van der Waals surface area contributed by atoms with E-state index in [9.17, 15) is 9.59 Å². The normalized spacial score (nSPS) is 15.3. The molecule has 194 valence electrons. The topological polar surface area (TPSA) is 83.6 Å². The zero-order valence-electron chi connectivity index (χ0n) is 21.9. The number of aryl methyl sites for hydroxylation is 3. The molecule has 4 rings (SSSR count). The summed E-state index contributed by atoms with van der Waals surface area (Å²) in [5.41, 5.74) is 4.89. The molecule has 2 N–H and O–H groups in total. The van der Waals surface area contributed by atoms with Crippen LogP contribution in [-0.2, 0) is 29.0 Å². The van der Waals surface area contributed by atoms with Crippen LogP contribution in [0, 0.1) is 13.8 Å². The number of hydrogen-bond acceptors (Lipinski definition) is 5. The van der Waals surface area contributed by atoms with Crippen molar-refractivity contribution in [3.8, 4) is 11.6 Å². The van der Waals surface area contributed by atoms with Crippen molar-refractivity contribution < 1.29 is 14.3 Å². The number of para-hydroxylation sites is 1. The second-order valence-electron chi connectivity index (χ2n) is 9.62. The van der Waals surface area contributed by atoms with Crippen LogP contribution >= 0.6 is 0 Å². The van der Waals surface area contributed by atoms with Gasteiger partial charge in [-0.3, -0.25) is 9.59 Å². The van der Waals surface area contributed by atoms with E-state index in [1.165, 1.54) is 12.5 Å². The molecule has 2 amide bonds. The molecule has 2 aromatic carbocycles. The van der Waals surface area contributed by atoms with Crippen molar-refractivity contribution in [2.75, 3.05) is 19.6 Å². The second kappa shape index (κ2) is 12.5. The summed E-state index contributed by atoms with van der Waals surface area (Å²) in [4.78, 5) is 31.5. The lowest BCUT2D eigenvalue weighted by atomic mass is 10.0.